The Morgan fingerprint density at radius 3 is 2.12 bits per heavy atom. The Labute approximate surface area is 195 Å². The van der Waals surface area contributed by atoms with E-state index in [4.69, 9.17) is 18.9 Å². The molecule has 0 fully saturated rings. The number of rotatable bonds is 9. The zero-order valence-electron chi connectivity index (χ0n) is 18.4. The van der Waals surface area contributed by atoms with Crippen LogP contribution in [-0.2, 0) is 4.79 Å². The van der Waals surface area contributed by atoms with Crippen LogP contribution >= 0.6 is 15.9 Å². The third-order valence-corrected chi connectivity index (χ3v) is 6.14. The fourth-order valence-electron chi connectivity index (χ4n) is 4.12. The highest BCUT2D eigenvalue weighted by Gasteiger charge is 2.45. The van der Waals surface area contributed by atoms with Gasteiger partial charge in [0.25, 0.3) is 5.91 Å². The molecule has 9 heteroatoms. The Balaban J connectivity index is 2.26. The summed E-state index contributed by atoms with van der Waals surface area (Å²) in [5.41, 5.74) is 1.31. The van der Waals surface area contributed by atoms with Gasteiger partial charge < -0.3 is 29.0 Å². The second-order valence-electron chi connectivity index (χ2n) is 7.21. The summed E-state index contributed by atoms with van der Waals surface area (Å²) in [6.07, 6.45) is 0.657. The number of methoxy groups -OCH3 is 4. The molecule has 172 valence electrons. The molecule has 0 saturated heterocycles. The van der Waals surface area contributed by atoms with E-state index >= 15 is 0 Å². The van der Waals surface area contributed by atoms with Gasteiger partial charge in [0.1, 0.15) is 5.92 Å². The number of hydrogen-bond donors (Lipinski definition) is 1. The first-order valence-electron chi connectivity index (χ1n) is 9.99. The summed E-state index contributed by atoms with van der Waals surface area (Å²) in [5, 5.41) is 11.0. The number of ether oxygens (including phenoxy) is 4. The molecule has 0 radical (unpaired) electrons. The van der Waals surface area contributed by atoms with Gasteiger partial charge in [0.05, 0.1) is 34.5 Å². The molecule has 1 aliphatic heterocycles. The van der Waals surface area contributed by atoms with Gasteiger partial charge in [-0.1, -0.05) is 22.0 Å². The highest BCUT2D eigenvalue weighted by Crippen LogP contribution is 2.47. The van der Waals surface area contributed by atoms with Crippen molar-refractivity contribution in [2.45, 2.75) is 18.4 Å². The summed E-state index contributed by atoms with van der Waals surface area (Å²) < 4.78 is 21.5. The van der Waals surface area contributed by atoms with Gasteiger partial charge in [0, 0.05) is 17.4 Å². The van der Waals surface area contributed by atoms with E-state index in [0.29, 0.717) is 58.0 Å². The van der Waals surface area contributed by atoms with E-state index in [-0.39, 0.29) is 5.91 Å². The average Bonchev–Trinajstić information content (AvgIpc) is 2.81. The second kappa shape index (κ2) is 10.1. The number of fused-ring (bicyclic) bond motifs is 1. The number of alkyl halides is 1. The zero-order chi connectivity index (χ0) is 23.4. The van der Waals surface area contributed by atoms with Gasteiger partial charge in [-0.15, -0.1) is 0 Å². The molecular formula is C23H26BrNO7. The van der Waals surface area contributed by atoms with Crippen LogP contribution < -0.4 is 18.9 Å². The number of carbonyl (C=O) groups excluding carboxylic acids is 1. The molecule has 2 aromatic rings. The lowest BCUT2D eigenvalue weighted by Gasteiger charge is -2.41. The lowest BCUT2D eigenvalue weighted by Crippen LogP contribution is -2.45. The molecule has 0 spiro atoms. The summed E-state index contributed by atoms with van der Waals surface area (Å²) in [5.74, 6) is -0.618. The van der Waals surface area contributed by atoms with Gasteiger partial charge in [0.15, 0.2) is 23.0 Å². The predicted octanol–water partition coefficient (Wildman–Crippen LogP) is 3.87. The van der Waals surface area contributed by atoms with Gasteiger partial charge in [-0.2, -0.15) is 0 Å². The monoisotopic (exact) mass is 507 g/mol. The summed E-state index contributed by atoms with van der Waals surface area (Å²) in [7, 11) is 5.98. The molecule has 0 aromatic heterocycles. The Hall–Kier alpha value is -2.94. The minimum absolute atomic E-state index is 0.265. The molecule has 0 aliphatic carbocycles. The number of carbonyl (C=O) groups is 2. The van der Waals surface area contributed by atoms with Crippen LogP contribution in [0.2, 0.25) is 0 Å². The maximum absolute atomic E-state index is 13.6. The maximum atomic E-state index is 13.6. The van der Waals surface area contributed by atoms with Gasteiger partial charge in [-0.3, -0.25) is 9.59 Å². The molecule has 0 saturated carbocycles. The fraction of sp³-hybridized carbons (Fsp3) is 0.391. The first-order chi connectivity index (χ1) is 15.4. The van der Waals surface area contributed by atoms with E-state index in [1.54, 1.807) is 35.2 Å². The maximum Gasteiger partial charge on any atom is 0.313 e. The highest BCUT2D eigenvalue weighted by atomic mass is 79.9. The Bertz CT molecular complexity index is 1010. The smallest absolute Gasteiger partial charge is 0.313 e. The Morgan fingerprint density at radius 1 is 0.969 bits per heavy atom. The lowest BCUT2D eigenvalue weighted by molar-refractivity contribution is -0.140. The summed E-state index contributed by atoms with van der Waals surface area (Å²) in [6, 6.07) is 7.59. The number of halogens is 1. The largest absolute Gasteiger partial charge is 0.493 e. The number of aliphatic carboxylic acids is 1. The SMILES string of the molecule is COc1ccc([C@@H]2[C@H](C(=O)O)c3cc(OC)c(OC)cc3C(=O)N2CCCBr)cc1OC. The quantitative estimate of drug-likeness (QED) is 0.514. The molecule has 1 aliphatic rings. The first kappa shape index (κ1) is 23.7. The topological polar surface area (TPSA) is 94.5 Å². The van der Waals surface area contributed by atoms with Crippen LogP contribution in [0, 0.1) is 0 Å². The van der Waals surface area contributed by atoms with Crippen molar-refractivity contribution in [3.05, 3.63) is 47.0 Å². The van der Waals surface area contributed by atoms with E-state index in [1.165, 1.54) is 28.4 Å². The minimum atomic E-state index is -1.05. The lowest BCUT2D eigenvalue weighted by atomic mass is 9.79. The van der Waals surface area contributed by atoms with Crippen LogP contribution in [0.25, 0.3) is 0 Å². The third-order valence-electron chi connectivity index (χ3n) is 5.58. The molecule has 32 heavy (non-hydrogen) atoms. The van der Waals surface area contributed by atoms with Gasteiger partial charge >= 0.3 is 5.97 Å². The number of hydrogen-bond acceptors (Lipinski definition) is 6. The minimum Gasteiger partial charge on any atom is -0.493 e. The second-order valence-corrected chi connectivity index (χ2v) is 8.00. The van der Waals surface area contributed by atoms with Crippen LogP contribution in [0.5, 0.6) is 23.0 Å². The fourth-order valence-corrected chi connectivity index (χ4v) is 4.37. The number of nitrogens with zero attached hydrogens (tertiary/aromatic N) is 1. The van der Waals surface area contributed by atoms with E-state index in [1.807, 2.05) is 0 Å². The number of carboxylic acids is 1. The van der Waals surface area contributed by atoms with E-state index in [2.05, 4.69) is 15.9 Å². The molecular weight excluding hydrogens is 482 g/mol. The van der Waals surface area contributed by atoms with Crippen molar-refractivity contribution < 1.29 is 33.6 Å². The molecule has 1 heterocycles. The van der Waals surface area contributed by atoms with Crippen LogP contribution in [0.3, 0.4) is 0 Å². The van der Waals surface area contributed by atoms with Crippen molar-refractivity contribution in [3.63, 3.8) is 0 Å². The number of amides is 1. The van der Waals surface area contributed by atoms with Crippen molar-refractivity contribution in [2.75, 3.05) is 40.3 Å². The van der Waals surface area contributed by atoms with Crippen LogP contribution in [0.15, 0.2) is 30.3 Å². The average molecular weight is 508 g/mol. The van der Waals surface area contributed by atoms with Gasteiger partial charge in [0.2, 0.25) is 0 Å². The molecule has 3 rings (SSSR count). The Morgan fingerprint density at radius 2 is 1.56 bits per heavy atom. The van der Waals surface area contributed by atoms with Gasteiger partial charge in [-0.25, -0.2) is 0 Å². The molecule has 0 unspecified atom stereocenters. The molecule has 1 amide bonds. The molecule has 2 atom stereocenters. The van der Waals surface area contributed by atoms with Crippen LogP contribution in [0.1, 0.15) is 39.9 Å². The molecule has 8 nitrogen and oxygen atoms in total. The highest BCUT2D eigenvalue weighted by molar-refractivity contribution is 9.09. The summed E-state index contributed by atoms with van der Waals surface area (Å²) >= 11 is 3.40. The van der Waals surface area contributed by atoms with E-state index < -0.39 is 17.9 Å². The molecule has 1 N–H and O–H groups in total. The predicted molar refractivity (Wildman–Crippen MR) is 122 cm³/mol. The molecule has 2 aromatic carbocycles. The van der Waals surface area contributed by atoms with E-state index in [9.17, 15) is 14.7 Å². The summed E-state index contributed by atoms with van der Waals surface area (Å²) in [4.78, 5) is 27.8. The zero-order valence-corrected chi connectivity index (χ0v) is 20.0. The number of benzene rings is 2. The van der Waals surface area contributed by atoms with E-state index in [0.717, 1.165) is 0 Å². The standard InChI is InChI=1S/C23H26BrNO7/c1-29-16-7-6-13(10-17(16)30-2)21-20(23(27)28)14-11-18(31-3)19(32-4)12-15(14)22(26)25(21)9-5-8-24/h6-7,10-12,20-21H,5,8-9H2,1-4H3,(H,27,28)/t20-,21-/m1/s1. The van der Waals surface area contributed by atoms with Crippen molar-refractivity contribution >= 4 is 27.8 Å². The first-order valence-corrected chi connectivity index (χ1v) is 11.1. The Kier molecular flexibility index (Phi) is 7.50. The third kappa shape index (κ3) is 4.21. The van der Waals surface area contributed by atoms with Crippen molar-refractivity contribution in [1.29, 1.82) is 0 Å². The van der Waals surface area contributed by atoms with Crippen LogP contribution in [0.4, 0.5) is 0 Å². The van der Waals surface area contributed by atoms with Gasteiger partial charge in [-0.05, 0) is 41.8 Å². The van der Waals surface area contributed by atoms with Crippen molar-refractivity contribution in [2.24, 2.45) is 0 Å². The van der Waals surface area contributed by atoms with Crippen molar-refractivity contribution in [1.82, 2.24) is 4.90 Å². The van der Waals surface area contributed by atoms with Crippen molar-refractivity contribution in [3.8, 4) is 23.0 Å². The number of carboxylic acid groups (broad SMARTS) is 1. The molecule has 0 bridgehead atoms. The summed E-state index contributed by atoms with van der Waals surface area (Å²) in [6.45, 7) is 0.376. The van der Waals surface area contributed by atoms with Crippen LogP contribution in [-0.4, -0.2) is 62.2 Å². The normalized spacial score (nSPS) is 17.5.